The molecule has 0 saturated heterocycles. The van der Waals surface area contributed by atoms with E-state index in [0.717, 1.165) is 16.7 Å². The zero-order valence-corrected chi connectivity index (χ0v) is 12.0. The van der Waals surface area contributed by atoms with Crippen LogP contribution >= 0.6 is 0 Å². The van der Waals surface area contributed by atoms with Crippen LogP contribution in [0.1, 0.15) is 11.1 Å². The SMILES string of the molecule is C(#Cc1cnc2oc(-c3cccnc3)nc2c1)c1cccnc1. The van der Waals surface area contributed by atoms with Crippen LogP contribution < -0.4 is 0 Å². The van der Waals surface area contributed by atoms with Gasteiger partial charge in [0.2, 0.25) is 11.6 Å². The van der Waals surface area contributed by atoms with E-state index in [2.05, 4.69) is 31.8 Å². The van der Waals surface area contributed by atoms with Gasteiger partial charge < -0.3 is 4.42 Å². The maximum atomic E-state index is 5.65. The molecular weight excluding hydrogens is 288 g/mol. The number of oxazole rings is 1. The van der Waals surface area contributed by atoms with Gasteiger partial charge in [0.25, 0.3) is 0 Å². The fourth-order valence-corrected chi connectivity index (χ4v) is 2.09. The molecule has 0 amide bonds. The number of rotatable bonds is 1. The first-order valence-corrected chi connectivity index (χ1v) is 6.97. The Hall–Kier alpha value is -3.52. The highest BCUT2D eigenvalue weighted by atomic mass is 16.4. The van der Waals surface area contributed by atoms with Crippen molar-refractivity contribution in [2.45, 2.75) is 0 Å². The molecule has 108 valence electrons. The molecule has 0 bridgehead atoms. The zero-order valence-electron chi connectivity index (χ0n) is 12.0. The molecule has 4 aromatic heterocycles. The lowest BCUT2D eigenvalue weighted by molar-refractivity contribution is 0.607. The van der Waals surface area contributed by atoms with Gasteiger partial charge in [0.15, 0.2) is 0 Å². The van der Waals surface area contributed by atoms with Gasteiger partial charge in [-0.15, -0.1) is 0 Å². The summed E-state index contributed by atoms with van der Waals surface area (Å²) in [6, 6.07) is 9.34. The third kappa shape index (κ3) is 2.78. The fraction of sp³-hybridized carbons (Fsp3) is 0. The van der Waals surface area contributed by atoms with Crippen LogP contribution in [-0.2, 0) is 0 Å². The second-order valence-electron chi connectivity index (χ2n) is 4.80. The first-order valence-electron chi connectivity index (χ1n) is 6.97. The average Bonchev–Trinajstić information content (AvgIpc) is 3.05. The van der Waals surface area contributed by atoms with Crippen molar-refractivity contribution in [2.24, 2.45) is 0 Å². The third-order valence-corrected chi connectivity index (χ3v) is 3.17. The summed E-state index contributed by atoms with van der Waals surface area (Å²) in [5, 5.41) is 0. The van der Waals surface area contributed by atoms with Gasteiger partial charge in [-0.25, -0.2) is 9.97 Å². The average molecular weight is 298 g/mol. The number of aromatic nitrogens is 4. The summed E-state index contributed by atoms with van der Waals surface area (Å²) < 4.78 is 5.65. The largest absolute Gasteiger partial charge is 0.418 e. The maximum absolute atomic E-state index is 5.65. The molecule has 0 aliphatic carbocycles. The third-order valence-electron chi connectivity index (χ3n) is 3.17. The van der Waals surface area contributed by atoms with Crippen LogP contribution in [0, 0.1) is 11.8 Å². The van der Waals surface area contributed by atoms with Crippen molar-refractivity contribution in [2.75, 3.05) is 0 Å². The molecule has 4 aromatic rings. The Bertz CT molecular complexity index is 1010. The Morgan fingerprint density at radius 2 is 1.70 bits per heavy atom. The zero-order chi connectivity index (χ0) is 15.5. The van der Waals surface area contributed by atoms with Gasteiger partial charge in [-0.2, -0.15) is 0 Å². The highest BCUT2D eigenvalue weighted by Crippen LogP contribution is 2.22. The maximum Gasteiger partial charge on any atom is 0.247 e. The normalized spacial score (nSPS) is 10.3. The summed E-state index contributed by atoms with van der Waals surface area (Å²) in [6.45, 7) is 0. The van der Waals surface area contributed by atoms with Gasteiger partial charge in [0.05, 0.1) is 5.56 Å². The van der Waals surface area contributed by atoms with Gasteiger partial charge >= 0.3 is 0 Å². The van der Waals surface area contributed by atoms with E-state index in [1.54, 1.807) is 31.0 Å². The molecule has 5 nitrogen and oxygen atoms in total. The van der Waals surface area contributed by atoms with Gasteiger partial charge in [0, 0.05) is 42.1 Å². The molecule has 0 fully saturated rings. The van der Waals surface area contributed by atoms with E-state index in [1.807, 2.05) is 30.3 Å². The van der Waals surface area contributed by atoms with Crippen LogP contribution in [0.25, 0.3) is 22.7 Å². The number of hydrogen-bond acceptors (Lipinski definition) is 5. The monoisotopic (exact) mass is 298 g/mol. The topological polar surface area (TPSA) is 64.7 Å². The standard InChI is InChI=1S/C18H10N4O/c1-3-13(10-19-7-1)5-6-14-9-16-18(21-11-14)23-17(22-16)15-4-2-8-20-12-15/h1-4,7-12H. The molecule has 0 N–H and O–H groups in total. The predicted octanol–water partition coefficient (Wildman–Crippen LogP) is 3.08. The van der Waals surface area contributed by atoms with E-state index in [4.69, 9.17) is 4.42 Å². The highest BCUT2D eigenvalue weighted by molar-refractivity contribution is 5.73. The lowest BCUT2D eigenvalue weighted by Crippen LogP contribution is -1.81. The Morgan fingerprint density at radius 3 is 2.48 bits per heavy atom. The molecule has 0 aliphatic rings. The lowest BCUT2D eigenvalue weighted by atomic mass is 10.2. The molecule has 4 heterocycles. The summed E-state index contributed by atoms with van der Waals surface area (Å²) >= 11 is 0. The molecular formula is C18H10N4O. The van der Waals surface area contributed by atoms with Crippen LogP contribution in [0.15, 0.2) is 65.7 Å². The summed E-state index contributed by atoms with van der Waals surface area (Å²) in [4.78, 5) is 16.8. The minimum absolute atomic E-state index is 0.482. The Morgan fingerprint density at radius 1 is 0.870 bits per heavy atom. The molecule has 0 spiro atoms. The minimum Gasteiger partial charge on any atom is -0.418 e. The number of hydrogen-bond donors (Lipinski definition) is 0. The van der Waals surface area contributed by atoms with E-state index in [1.165, 1.54) is 0 Å². The van der Waals surface area contributed by atoms with Gasteiger partial charge in [-0.3, -0.25) is 9.97 Å². The first kappa shape index (κ1) is 13.2. The molecule has 0 aliphatic heterocycles. The lowest BCUT2D eigenvalue weighted by Gasteiger charge is -1.90. The Balaban J connectivity index is 1.70. The summed E-state index contributed by atoms with van der Waals surface area (Å²) in [6.07, 6.45) is 8.51. The summed E-state index contributed by atoms with van der Waals surface area (Å²) in [7, 11) is 0. The Labute approximate surface area is 132 Å². The molecule has 23 heavy (non-hydrogen) atoms. The summed E-state index contributed by atoms with van der Waals surface area (Å²) in [5.41, 5.74) is 3.59. The second-order valence-corrected chi connectivity index (χ2v) is 4.80. The molecule has 0 unspecified atom stereocenters. The molecule has 0 atom stereocenters. The smallest absolute Gasteiger partial charge is 0.247 e. The summed E-state index contributed by atoms with van der Waals surface area (Å²) in [5.74, 6) is 6.60. The van der Waals surface area contributed by atoms with Crippen LogP contribution in [-0.4, -0.2) is 19.9 Å². The van der Waals surface area contributed by atoms with E-state index in [9.17, 15) is 0 Å². The number of pyridine rings is 3. The molecule has 0 saturated carbocycles. The molecule has 4 rings (SSSR count). The van der Waals surface area contributed by atoms with Crippen LogP contribution in [0.5, 0.6) is 0 Å². The highest BCUT2D eigenvalue weighted by Gasteiger charge is 2.09. The van der Waals surface area contributed by atoms with Gasteiger partial charge in [-0.1, -0.05) is 11.8 Å². The molecule has 5 heteroatoms. The van der Waals surface area contributed by atoms with Gasteiger partial charge in [0.1, 0.15) is 5.52 Å². The van der Waals surface area contributed by atoms with Crippen LogP contribution in [0.3, 0.4) is 0 Å². The van der Waals surface area contributed by atoms with Crippen LogP contribution in [0.4, 0.5) is 0 Å². The first-order chi connectivity index (χ1) is 11.4. The van der Waals surface area contributed by atoms with Crippen molar-refractivity contribution in [1.29, 1.82) is 0 Å². The predicted molar refractivity (Wildman–Crippen MR) is 85.3 cm³/mol. The fourth-order valence-electron chi connectivity index (χ4n) is 2.09. The van der Waals surface area contributed by atoms with Crippen molar-refractivity contribution >= 4 is 11.2 Å². The quantitative estimate of drug-likeness (QED) is 0.505. The van der Waals surface area contributed by atoms with Crippen molar-refractivity contribution < 1.29 is 4.42 Å². The molecule has 0 aromatic carbocycles. The number of nitrogens with zero attached hydrogens (tertiary/aromatic N) is 4. The van der Waals surface area contributed by atoms with Crippen LogP contribution in [0.2, 0.25) is 0 Å². The van der Waals surface area contributed by atoms with Crippen molar-refractivity contribution in [3.8, 4) is 23.3 Å². The van der Waals surface area contributed by atoms with E-state index in [0.29, 0.717) is 17.1 Å². The molecule has 0 radical (unpaired) electrons. The van der Waals surface area contributed by atoms with E-state index in [-0.39, 0.29) is 0 Å². The Kier molecular flexibility index (Phi) is 3.26. The van der Waals surface area contributed by atoms with E-state index >= 15 is 0 Å². The number of fused-ring (bicyclic) bond motifs is 1. The minimum atomic E-state index is 0.482. The van der Waals surface area contributed by atoms with Crippen molar-refractivity contribution in [3.63, 3.8) is 0 Å². The van der Waals surface area contributed by atoms with E-state index < -0.39 is 0 Å². The second kappa shape index (κ2) is 5.70. The van der Waals surface area contributed by atoms with Crippen molar-refractivity contribution in [3.05, 3.63) is 72.4 Å². The van der Waals surface area contributed by atoms with Crippen molar-refractivity contribution in [1.82, 2.24) is 19.9 Å². The van der Waals surface area contributed by atoms with Gasteiger partial charge in [-0.05, 0) is 30.3 Å².